The van der Waals surface area contributed by atoms with Gasteiger partial charge in [0.2, 0.25) is 5.91 Å². The van der Waals surface area contributed by atoms with Gasteiger partial charge in [-0.3, -0.25) is 4.79 Å². The van der Waals surface area contributed by atoms with Crippen molar-refractivity contribution in [1.82, 2.24) is 10.2 Å². The number of hydrogen-bond acceptors (Lipinski definition) is 4. The van der Waals surface area contributed by atoms with E-state index < -0.39 is 0 Å². The van der Waals surface area contributed by atoms with E-state index in [1.54, 1.807) is 4.90 Å². The van der Waals surface area contributed by atoms with E-state index in [9.17, 15) is 9.90 Å². The van der Waals surface area contributed by atoms with E-state index in [1.807, 2.05) is 18.2 Å². The van der Waals surface area contributed by atoms with E-state index in [4.69, 9.17) is 4.74 Å². The van der Waals surface area contributed by atoms with Crippen molar-refractivity contribution < 1.29 is 14.6 Å². The monoisotopic (exact) mass is 276 g/mol. The Bertz CT molecular complexity index is 492. The fraction of sp³-hybridized carbons (Fsp3) is 0.533. The number of hydrogen-bond donors (Lipinski definition) is 2. The van der Waals surface area contributed by atoms with Crippen LogP contribution in [0.1, 0.15) is 17.2 Å². The third-order valence-electron chi connectivity index (χ3n) is 4.08. The number of rotatable bonds is 2. The number of morpholine rings is 1. The van der Waals surface area contributed by atoms with E-state index in [0.29, 0.717) is 19.8 Å². The van der Waals surface area contributed by atoms with Crippen LogP contribution in [0.4, 0.5) is 0 Å². The van der Waals surface area contributed by atoms with Crippen LogP contribution >= 0.6 is 0 Å². The number of carbonyl (C=O) groups is 1. The first-order valence-corrected chi connectivity index (χ1v) is 7.11. The van der Waals surface area contributed by atoms with Crippen LogP contribution < -0.4 is 5.32 Å². The lowest BCUT2D eigenvalue weighted by atomic mass is 9.93. The average molecular weight is 276 g/mol. The molecule has 0 spiro atoms. The zero-order valence-electron chi connectivity index (χ0n) is 11.4. The summed E-state index contributed by atoms with van der Waals surface area (Å²) in [6.07, 6.45) is 0.951. The Morgan fingerprint density at radius 2 is 2.30 bits per heavy atom. The minimum absolute atomic E-state index is 0.0412. The highest BCUT2D eigenvalue weighted by Gasteiger charge is 2.34. The van der Waals surface area contributed by atoms with Gasteiger partial charge in [-0.15, -0.1) is 0 Å². The average Bonchev–Trinajstić information content (AvgIpc) is 2.53. The summed E-state index contributed by atoms with van der Waals surface area (Å²) in [5.41, 5.74) is 2.30. The molecule has 0 radical (unpaired) electrons. The molecule has 1 amide bonds. The second-order valence-electron chi connectivity index (χ2n) is 5.28. The Morgan fingerprint density at radius 1 is 1.45 bits per heavy atom. The van der Waals surface area contributed by atoms with Gasteiger partial charge in [-0.05, 0) is 17.5 Å². The number of amides is 1. The molecule has 0 saturated carbocycles. The molecular weight excluding hydrogens is 256 g/mol. The summed E-state index contributed by atoms with van der Waals surface area (Å²) < 4.78 is 5.34. The first-order chi connectivity index (χ1) is 9.81. The van der Waals surface area contributed by atoms with Crippen molar-refractivity contribution in [2.75, 3.05) is 32.9 Å². The van der Waals surface area contributed by atoms with Crippen LogP contribution in [0, 0.1) is 0 Å². The third kappa shape index (κ3) is 2.44. The van der Waals surface area contributed by atoms with Crippen LogP contribution in [0.25, 0.3) is 0 Å². The fourth-order valence-electron chi connectivity index (χ4n) is 2.99. The molecule has 2 aliphatic heterocycles. The van der Waals surface area contributed by atoms with Crippen LogP contribution in [0.2, 0.25) is 0 Å². The predicted octanol–water partition coefficient (Wildman–Crippen LogP) is 0.0931. The lowest BCUT2D eigenvalue weighted by molar-refractivity contribution is -0.144. The molecule has 3 rings (SSSR count). The highest BCUT2D eigenvalue weighted by Crippen LogP contribution is 2.25. The maximum atomic E-state index is 12.8. The standard InChI is InChI=1S/C15H20N2O3/c18-9-12-10-20-8-7-17(12)15(19)14-13-4-2-1-3-11(13)5-6-16-14/h1-4,12,14,16,18H,5-10H2. The van der Waals surface area contributed by atoms with E-state index in [2.05, 4.69) is 11.4 Å². The lowest BCUT2D eigenvalue weighted by Crippen LogP contribution is -2.54. The molecule has 2 N–H and O–H groups in total. The molecule has 0 bridgehead atoms. The predicted molar refractivity (Wildman–Crippen MR) is 74.3 cm³/mol. The van der Waals surface area contributed by atoms with Crippen molar-refractivity contribution in [1.29, 1.82) is 0 Å². The van der Waals surface area contributed by atoms with Gasteiger partial charge in [0, 0.05) is 13.1 Å². The number of nitrogens with zero attached hydrogens (tertiary/aromatic N) is 1. The number of aliphatic hydroxyl groups is 1. The van der Waals surface area contributed by atoms with Crippen LogP contribution in [0.15, 0.2) is 24.3 Å². The molecule has 20 heavy (non-hydrogen) atoms. The second-order valence-corrected chi connectivity index (χ2v) is 5.28. The molecular formula is C15H20N2O3. The fourth-order valence-corrected chi connectivity index (χ4v) is 2.99. The molecule has 2 heterocycles. The van der Waals surface area contributed by atoms with Crippen molar-refractivity contribution in [3.05, 3.63) is 35.4 Å². The Kier molecular flexibility index (Phi) is 4.00. The maximum absolute atomic E-state index is 12.8. The Labute approximate surface area is 118 Å². The summed E-state index contributed by atoms with van der Waals surface area (Å²) in [4.78, 5) is 14.5. The van der Waals surface area contributed by atoms with E-state index in [1.165, 1.54) is 5.56 Å². The number of carbonyl (C=O) groups excluding carboxylic acids is 1. The summed E-state index contributed by atoms with van der Waals surface area (Å²) in [7, 11) is 0. The van der Waals surface area contributed by atoms with E-state index in [0.717, 1.165) is 18.5 Å². The molecule has 5 nitrogen and oxygen atoms in total. The summed E-state index contributed by atoms with van der Waals surface area (Å²) in [6, 6.07) is 7.54. The smallest absolute Gasteiger partial charge is 0.244 e. The van der Waals surface area contributed by atoms with Gasteiger partial charge >= 0.3 is 0 Å². The minimum atomic E-state index is -0.299. The van der Waals surface area contributed by atoms with Crippen molar-refractivity contribution in [3.8, 4) is 0 Å². The molecule has 108 valence electrons. The molecule has 1 fully saturated rings. The number of aliphatic hydroxyl groups excluding tert-OH is 1. The minimum Gasteiger partial charge on any atom is -0.394 e. The van der Waals surface area contributed by atoms with Crippen LogP contribution in [-0.4, -0.2) is 54.9 Å². The van der Waals surface area contributed by atoms with Gasteiger partial charge in [-0.2, -0.15) is 0 Å². The number of benzene rings is 1. The number of fused-ring (bicyclic) bond motifs is 1. The molecule has 0 aromatic heterocycles. The Morgan fingerprint density at radius 3 is 3.15 bits per heavy atom. The zero-order chi connectivity index (χ0) is 13.9. The van der Waals surface area contributed by atoms with Gasteiger partial charge in [-0.1, -0.05) is 24.3 Å². The van der Waals surface area contributed by atoms with Crippen molar-refractivity contribution in [2.45, 2.75) is 18.5 Å². The quantitative estimate of drug-likeness (QED) is 0.804. The first kappa shape index (κ1) is 13.5. The summed E-state index contributed by atoms with van der Waals surface area (Å²) in [6.45, 7) is 2.25. The first-order valence-electron chi connectivity index (χ1n) is 7.11. The largest absolute Gasteiger partial charge is 0.394 e. The van der Waals surface area contributed by atoms with E-state index in [-0.39, 0.29) is 24.6 Å². The highest BCUT2D eigenvalue weighted by atomic mass is 16.5. The SMILES string of the molecule is O=C(C1NCCc2ccccc21)N1CCOCC1CO. The normalized spacial score (nSPS) is 26.1. The number of nitrogens with one attached hydrogen (secondary N) is 1. The van der Waals surface area contributed by atoms with Crippen LogP contribution in [0.5, 0.6) is 0 Å². The van der Waals surface area contributed by atoms with Crippen LogP contribution in [0.3, 0.4) is 0 Å². The lowest BCUT2D eigenvalue weighted by Gasteiger charge is -2.38. The summed E-state index contributed by atoms with van der Waals surface area (Å²) in [5.74, 6) is 0.0412. The molecule has 0 aliphatic carbocycles. The third-order valence-corrected chi connectivity index (χ3v) is 4.08. The van der Waals surface area contributed by atoms with Gasteiger partial charge in [0.05, 0.1) is 25.9 Å². The van der Waals surface area contributed by atoms with Gasteiger partial charge in [0.1, 0.15) is 6.04 Å². The van der Waals surface area contributed by atoms with Gasteiger partial charge in [0.25, 0.3) is 0 Å². The second kappa shape index (κ2) is 5.91. The molecule has 1 aromatic rings. The molecule has 1 aromatic carbocycles. The molecule has 2 aliphatic rings. The van der Waals surface area contributed by atoms with Crippen molar-refractivity contribution in [3.63, 3.8) is 0 Å². The Balaban J connectivity index is 1.84. The summed E-state index contributed by atoms with van der Waals surface area (Å²) >= 11 is 0. The molecule has 2 atom stereocenters. The van der Waals surface area contributed by atoms with E-state index >= 15 is 0 Å². The van der Waals surface area contributed by atoms with Crippen molar-refractivity contribution in [2.24, 2.45) is 0 Å². The number of ether oxygens (including phenoxy) is 1. The molecule has 1 saturated heterocycles. The highest BCUT2D eigenvalue weighted by molar-refractivity contribution is 5.84. The van der Waals surface area contributed by atoms with Crippen LogP contribution in [-0.2, 0) is 16.0 Å². The Hall–Kier alpha value is -1.43. The van der Waals surface area contributed by atoms with Gasteiger partial charge < -0.3 is 20.1 Å². The maximum Gasteiger partial charge on any atom is 0.244 e. The molecule has 5 heteroatoms. The zero-order valence-corrected chi connectivity index (χ0v) is 11.4. The summed E-state index contributed by atoms with van der Waals surface area (Å²) in [5, 5.41) is 12.7. The topological polar surface area (TPSA) is 61.8 Å². The van der Waals surface area contributed by atoms with Gasteiger partial charge in [-0.25, -0.2) is 0 Å². The van der Waals surface area contributed by atoms with Gasteiger partial charge in [0.15, 0.2) is 0 Å². The van der Waals surface area contributed by atoms with Crippen molar-refractivity contribution >= 4 is 5.91 Å². The molecule has 2 unspecified atom stereocenters.